The van der Waals surface area contributed by atoms with E-state index in [0.29, 0.717) is 0 Å². The molecular formula is C7H14O. The molecule has 1 N–H and O–H groups in total. The van der Waals surface area contributed by atoms with Gasteiger partial charge in [-0.05, 0) is 20.8 Å². The van der Waals surface area contributed by atoms with Crippen LogP contribution in [0.25, 0.3) is 0 Å². The molecule has 8 heavy (non-hydrogen) atoms. The van der Waals surface area contributed by atoms with Crippen molar-refractivity contribution in [1.29, 1.82) is 0 Å². The molecule has 0 rings (SSSR count). The highest BCUT2D eigenvalue weighted by Crippen LogP contribution is 1.95. The second kappa shape index (κ2) is 3.51. The number of aliphatic hydroxyl groups is 1. The van der Waals surface area contributed by atoms with Crippen LogP contribution in [0.5, 0.6) is 0 Å². The zero-order valence-electron chi connectivity index (χ0n) is 4.95. The quantitative estimate of drug-likeness (QED) is 0.472. The van der Waals surface area contributed by atoms with Gasteiger partial charge < -0.3 is 5.11 Å². The molecule has 0 aromatic heterocycles. The molecule has 0 aromatic rings. The molecule has 0 radical (unpaired) electrons. The molecule has 0 aliphatic carbocycles. The minimum atomic E-state index is -0.811. The molecule has 1 nitrogen and oxygen atoms in total. The first-order valence-electron chi connectivity index (χ1n) is 2.22. The first kappa shape index (κ1) is 10.5. The molecule has 0 saturated carbocycles. The number of hydrogen-bond acceptors (Lipinski definition) is 1. The maximum atomic E-state index is 8.84. The van der Waals surface area contributed by atoms with Gasteiger partial charge in [0.1, 0.15) is 5.60 Å². The second-order valence-corrected chi connectivity index (χ2v) is 1.93. The van der Waals surface area contributed by atoms with Gasteiger partial charge in [-0.2, -0.15) is 0 Å². The Bertz CT molecular complexity index is 97.8. The average Bonchev–Trinajstić information content (AvgIpc) is 1.30. The normalized spacial score (nSPS) is 8.50. The van der Waals surface area contributed by atoms with E-state index in [1.165, 1.54) is 0 Å². The molecule has 48 valence electrons. The Labute approximate surface area is 51.7 Å². The van der Waals surface area contributed by atoms with E-state index in [-0.39, 0.29) is 7.43 Å². The van der Waals surface area contributed by atoms with Crippen molar-refractivity contribution in [2.75, 3.05) is 0 Å². The standard InChI is InChI=1S/C6H10O.CH4/c1-4-5-6(2,3)7;/h7H,1-3H3;1H4. The topological polar surface area (TPSA) is 20.2 Å². The predicted octanol–water partition coefficient (Wildman–Crippen LogP) is 1.42. The molecule has 0 spiro atoms. The van der Waals surface area contributed by atoms with Gasteiger partial charge in [-0.15, -0.1) is 5.92 Å². The van der Waals surface area contributed by atoms with E-state index in [1.54, 1.807) is 20.8 Å². The van der Waals surface area contributed by atoms with Crippen LogP contribution in [0, 0.1) is 11.8 Å². The van der Waals surface area contributed by atoms with Crippen LogP contribution in [0.15, 0.2) is 0 Å². The summed E-state index contributed by atoms with van der Waals surface area (Å²) < 4.78 is 0. The molecule has 0 aromatic carbocycles. The number of rotatable bonds is 0. The third-order valence-corrected chi connectivity index (χ3v) is 0.431. The Morgan fingerprint density at radius 1 is 1.38 bits per heavy atom. The van der Waals surface area contributed by atoms with E-state index in [0.717, 1.165) is 0 Å². The summed E-state index contributed by atoms with van der Waals surface area (Å²) in [6.07, 6.45) is 0. The predicted molar refractivity (Wildman–Crippen MR) is 36.5 cm³/mol. The van der Waals surface area contributed by atoms with Crippen molar-refractivity contribution in [3.05, 3.63) is 0 Å². The first-order valence-corrected chi connectivity index (χ1v) is 2.22. The number of hydrogen-bond donors (Lipinski definition) is 1. The van der Waals surface area contributed by atoms with Crippen molar-refractivity contribution >= 4 is 0 Å². The van der Waals surface area contributed by atoms with Gasteiger partial charge in [-0.25, -0.2) is 0 Å². The van der Waals surface area contributed by atoms with Crippen LogP contribution in [0.2, 0.25) is 0 Å². The van der Waals surface area contributed by atoms with Crippen LogP contribution in [0.3, 0.4) is 0 Å². The van der Waals surface area contributed by atoms with E-state index in [4.69, 9.17) is 5.11 Å². The van der Waals surface area contributed by atoms with Crippen molar-refractivity contribution < 1.29 is 5.11 Å². The van der Waals surface area contributed by atoms with Crippen molar-refractivity contribution in [2.45, 2.75) is 33.8 Å². The molecule has 0 aliphatic heterocycles. The lowest BCUT2D eigenvalue weighted by Crippen LogP contribution is -2.14. The van der Waals surface area contributed by atoms with E-state index in [2.05, 4.69) is 11.8 Å². The largest absolute Gasteiger partial charge is 0.378 e. The molecule has 0 amide bonds. The lowest BCUT2D eigenvalue weighted by atomic mass is 10.1. The molecular weight excluding hydrogens is 100 g/mol. The maximum Gasteiger partial charge on any atom is 0.119 e. The average molecular weight is 114 g/mol. The fourth-order valence-electron chi connectivity index (χ4n) is 0.306. The minimum absolute atomic E-state index is 0. The van der Waals surface area contributed by atoms with Crippen molar-refractivity contribution in [2.24, 2.45) is 0 Å². The molecule has 0 bridgehead atoms. The van der Waals surface area contributed by atoms with Crippen LogP contribution in [0.1, 0.15) is 28.2 Å². The molecule has 0 fully saturated rings. The van der Waals surface area contributed by atoms with E-state index in [9.17, 15) is 0 Å². The third-order valence-electron chi connectivity index (χ3n) is 0.431. The molecule has 1 heteroatoms. The highest BCUT2D eigenvalue weighted by atomic mass is 16.3. The van der Waals surface area contributed by atoms with Gasteiger partial charge >= 0.3 is 0 Å². The zero-order valence-corrected chi connectivity index (χ0v) is 4.95. The van der Waals surface area contributed by atoms with Gasteiger partial charge in [0, 0.05) is 0 Å². The minimum Gasteiger partial charge on any atom is -0.378 e. The van der Waals surface area contributed by atoms with Crippen LogP contribution in [-0.2, 0) is 0 Å². The maximum absolute atomic E-state index is 8.84. The summed E-state index contributed by atoms with van der Waals surface area (Å²) in [5, 5.41) is 8.84. The lowest BCUT2D eigenvalue weighted by Gasteiger charge is -2.04. The summed E-state index contributed by atoms with van der Waals surface area (Å²) in [6.45, 7) is 5.02. The van der Waals surface area contributed by atoms with E-state index >= 15 is 0 Å². The Balaban J connectivity index is 0. The highest BCUT2D eigenvalue weighted by molar-refractivity contribution is 5.07. The van der Waals surface area contributed by atoms with Crippen molar-refractivity contribution in [3.8, 4) is 11.8 Å². The zero-order chi connectivity index (χ0) is 5.91. The summed E-state index contributed by atoms with van der Waals surface area (Å²) >= 11 is 0. The summed E-state index contributed by atoms with van der Waals surface area (Å²) in [5.41, 5.74) is -0.811. The summed E-state index contributed by atoms with van der Waals surface area (Å²) in [6, 6.07) is 0. The van der Waals surface area contributed by atoms with E-state index in [1.807, 2.05) is 0 Å². The molecule has 0 aliphatic rings. The van der Waals surface area contributed by atoms with Gasteiger partial charge in [0.05, 0.1) is 0 Å². The smallest absolute Gasteiger partial charge is 0.119 e. The Morgan fingerprint density at radius 3 is 1.75 bits per heavy atom. The van der Waals surface area contributed by atoms with Crippen LogP contribution < -0.4 is 0 Å². The van der Waals surface area contributed by atoms with Crippen LogP contribution in [-0.4, -0.2) is 10.7 Å². The summed E-state index contributed by atoms with van der Waals surface area (Å²) in [7, 11) is 0. The van der Waals surface area contributed by atoms with Crippen LogP contribution >= 0.6 is 0 Å². The highest BCUT2D eigenvalue weighted by Gasteiger charge is 2.03. The SMILES string of the molecule is C.CC#CC(C)(C)O. The third kappa shape index (κ3) is 9.10. The van der Waals surface area contributed by atoms with Gasteiger partial charge in [0.15, 0.2) is 0 Å². The van der Waals surface area contributed by atoms with Crippen molar-refractivity contribution in [3.63, 3.8) is 0 Å². The fourth-order valence-corrected chi connectivity index (χ4v) is 0.306. The Morgan fingerprint density at radius 2 is 1.75 bits per heavy atom. The van der Waals surface area contributed by atoms with Gasteiger partial charge in [-0.3, -0.25) is 0 Å². The molecule has 0 heterocycles. The van der Waals surface area contributed by atoms with Crippen molar-refractivity contribution in [1.82, 2.24) is 0 Å². The van der Waals surface area contributed by atoms with Crippen LogP contribution in [0.4, 0.5) is 0 Å². The Kier molecular flexibility index (Phi) is 4.61. The van der Waals surface area contributed by atoms with Gasteiger partial charge in [0.2, 0.25) is 0 Å². The van der Waals surface area contributed by atoms with E-state index < -0.39 is 5.60 Å². The molecule has 0 saturated heterocycles. The summed E-state index contributed by atoms with van der Waals surface area (Å²) in [5.74, 6) is 5.20. The second-order valence-electron chi connectivity index (χ2n) is 1.93. The molecule has 0 unspecified atom stereocenters. The molecule has 0 atom stereocenters. The van der Waals surface area contributed by atoms with Gasteiger partial charge in [0.25, 0.3) is 0 Å². The monoisotopic (exact) mass is 114 g/mol. The fraction of sp³-hybridized carbons (Fsp3) is 0.714. The van der Waals surface area contributed by atoms with Gasteiger partial charge in [-0.1, -0.05) is 13.3 Å². The Hall–Kier alpha value is -0.480. The first-order chi connectivity index (χ1) is 3.06. The lowest BCUT2D eigenvalue weighted by molar-refractivity contribution is 0.143. The summed E-state index contributed by atoms with van der Waals surface area (Å²) in [4.78, 5) is 0.